The van der Waals surface area contributed by atoms with E-state index in [4.69, 9.17) is 5.11 Å². The largest absolute Gasteiger partial charge is 0.478 e. The molecule has 5 nitrogen and oxygen atoms in total. The van der Waals surface area contributed by atoms with Crippen molar-refractivity contribution in [2.45, 2.75) is 31.2 Å². The van der Waals surface area contributed by atoms with E-state index >= 15 is 0 Å². The van der Waals surface area contributed by atoms with Crippen LogP contribution in [0.25, 0.3) is 0 Å². The Balaban J connectivity index is 2.38. The Labute approximate surface area is 133 Å². The molecular weight excluding hydrogens is 322 g/mol. The predicted octanol–water partition coefficient (Wildman–Crippen LogP) is 3.05. The van der Waals surface area contributed by atoms with Gasteiger partial charge in [0.1, 0.15) is 0 Å². The molecule has 2 N–H and O–H groups in total. The summed E-state index contributed by atoms with van der Waals surface area (Å²) in [7, 11) is -3.77. The van der Waals surface area contributed by atoms with Crippen LogP contribution in [0.1, 0.15) is 40.6 Å². The van der Waals surface area contributed by atoms with Gasteiger partial charge in [0.25, 0.3) is 0 Å². The number of hydrogen-bond acceptors (Lipinski definition) is 4. The number of aromatic carboxylic acids is 1. The average molecular weight is 339 g/mol. The summed E-state index contributed by atoms with van der Waals surface area (Å²) < 4.78 is 27.6. The quantitative estimate of drug-likeness (QED) is 0.847. The lowest BCUT2D eigenvalue weighted by atomic mass is 10.0. The van der Waals surface area contributed by atoms with Gasteiger partial charge in [-0.25, -0.2) is 17.9 Å². The maximum Gasteiger partial charge on any atom is 0.335 e. The first-order chi connectivity index (χ1) is 10.3. The normalized spacial score (nSPS) is 11.8. The Morgan fingerprint density at radius 1 is 1.32 bits per heavy atom. The smallest absolute Gasteiger partial charge is 0.335 e. The van der Waals surface area contributed by atoms with Gasteiger partial charge in [0.2, 0.25) is 10.0 Å². The van der Waals surface area contributed by atoms with E-state index in [9.17, 15) is 13.2 Å². The van der Waals surface area contributed by atoms with Crippen LogP contribution in [0.15, 0.2) is 40.6 Å². The lowest BCUT2D eigenvalue weighted by Gasteiger charge is -2.14. The van der Waals surface area contributed by atoms with Gasteiger partial charge in [-0.2, -0.15) is 0 Å². The fraction of sp³-hybridized carbons (Fsp3) is 0.267. The predicted molar refractivity (Wildman–Crippen MR) is 85.8 cm³/mol. The van der Waals surface area contributed by atoms with E-state index in [1.807, 2.05) is 31.4 Å². The summed E-state index contributed by atoms with van der Waals surface area (Å²) in [5, 5.41) is 10.9. The molecule has 1 heterocycles. The molecule has 0 aliphatic rings. The van der Waals surface area contributed by atoms with Gasteiger partial charge in [-0.1, -0.05) is 26.0 Å². The van der Waals surface area contributed by atoms with Gasteiger partial charge in [-0.05, 0) is 35.1 Å². The molecule has 0 saturated heterocycles. The van der Waals surface area contributed by atoms with E-state index in [0.29, 0.717) is 5.56 Å². The number of thiophene rings is 1. The van der Waals surface area contributed by atoms with Crippen molar-refractivity contribution in [2.24, 2.45) is 0 Å². The first-order valence-electron chi connectivity index (χ1n) is 6.70. The molecule has 1 aromatic heterocycles. The van der Waals surface area contributed by atoms with Crippen LogP contribution in [0.3, 0.4) is 0 Å². The van der Waals surface area contributed by atoms with Crippen molar-refractivity contribution in [3.8, 4) is 0 Å². The van der Waals surface area contributed by atoms with Crippen molar-refractivity contribution in [3.63, 3.8) is 0 Å². The zero-order chi connectivity index (χ0) is 16.3. The van der Waals surface area contributed by atoms with Gasteiger partial charge in [0.15, 0.2) is 0 Å². The van der Waals surface area contributed by atoms with Crippen molar-refractivity contribution in [3.05, 3.63) is 51.7 Å². The highest BCUT2D eigenvalue weighted by Gasteiger charge is 2.22. The zero-order valence-corrected chi connectivity index (χ0v) is 13.9. The molecular formula is C15H17NO4S2. The Bertz CT molecular complexity index is 765. The summed E-state index contributed by atoms with van der Waals surface area (Å²) in [5.41, 5.74) is 0.560. The van der Waals surface area contributed by atoms with E-state index in [2.05, 4.69) is 4.72 Å². The molecule has 0 radical (unpaired) electrons. The van der Waals surface area contributed by atoms with Crippen LogP contribution in [-0.2, 0) is 16.6 Å². The number of benzene rings is 1. The van der Waals surface area contributed by atoms with E-state index in [1.54, 1.807) is 6.07 Å². The molecule has 0 aliphatic carbocycles. The minimum absolute atomic E-state index is 0.0268. The molecule has 0 saturated carbocycles. The summed E-state index contributed by atoms with van der Waals surface area (Å²) in [5.74, 6) is -1.18. The van der Waals surface area contributed by atoms with Crippen LogP contribution >= 0.6 is 11.3 Å². The van der Waals surface area contributed by atoms with E-state index in [-0.39, 0.29) is 22.9 Å². The van der Waals surface area contributed by atoms with E-state index < -0.39 is 16.0 Å². The van der Waals surface area contributed by atoms with Gasteiger partial charge in [-0.3, -0.25) is 0 Å². The molecule has 0 aliphatic heterocycles. The standard InChI is InChI=1S/C15H17NO4S2/c1-10(2)13-6-5-11(15(17)18)8-14(13)22(19,20)16-9-12-4-3-7-21-12/h3-8,10,16H,9H2,1-2H3,(H,17,18). The second kappa shape index (κ2) is 6.60. The van der Waals surface area contributed by atoms with Gasteiger partial charge in [0.05, 0.1) is 10.5 Å². The minimum Gasteiger partial charge on any atom is -0.478 e. The lowest BCUT2D eigenvalue weighted by molar-refractivity contribution is 0.0696. The highest BCUT2D eigenvalue weighted by molar-refractivity contribution is 7.89. The molecule has 0 unspecified atom stereocenters. The monoisotopic (exact) mass is 339 g/mol. The summed E-state index contributed by atoms with van der Waals surface area (Å²) in [6.07, 6.45) is 0. The van der Waals surface area contributed by atoms with Gasteiger partial charge in [0, 0.05) is 11.4 Å². The van der Waals surface area contributed by atoms with Crippen molar-refractivity contribution in [2.75, 3.05) is 0 Å². The van der Waals surface area contributed by atoms with E-state index in [1.165, 1.54) is 23.5 Å². The van der Waals surface area contributed by atoms with Crippen LogP contribution in [0.2, 0.25) is 0 Å². The minimum atomic E-state index is -3.77. The van der Waals surface area contributed by atoms with Gasteiger partial charge < -0.3 is 5.11 Å². The summed E-state index contributed by atoms with van der Waals surface area (Å²) in [4.78, 5) is 12.0. The molecule has 7 heteroatoms. The first-order valence-corrected chi connectivity index (χ1v) is 9.07. The third-order valence-electron chi connectivity index (χ3n) is 3.19. The second-order valence-electron chi connectivity index (χ2n) is 5.12. The average Bonchev–Trinajstić information content (AvgIpc) is 2.97. The molecule has 0 atom stereocenters. The Hall–Kier alpha value is -1.70. The molecule has 0 fully saturated rings. The zero-order valence-electron chi connectivity index (χ0n) is 12.2. The van der Waals surface area contributed by atoms with Gasteiger partial charge >= 0.3 is 5.97 Å². The third-order valence-corrected chi connectivity index (χ3v) is 5.52. The second-order valence-corrected chi connectivity index (χ2v) is 7.88. The Morgan fingerprint density at radius 2 is 2.05 bits per heavy atom. The van der Waals surface area contributed by atoms with Crippen molar-refractivity contribution in [1.82, 2.24) is 4.72 Å². The number of carboxylic acids is 1. The number of carboxylic acid groups (broad SMARTS) is 1. The van der Waals surface area contributed by atoms with Crippen molar-refractivity contribution in [1.29, 1.82) is 0 Å². The number of hydrogen-bond donors (Lipinski definition) is 2. The van der Waals surface area contributed by atoms with Crippen LogP contribution in [0, 0.1) is 0 Å². The van der Waals surface area contributed by atoms with Crippen LogP contribution in [0.4, 0.5) is 0 Å². The lowest BCUT2D eigenvalue weighted by Crippen LogP contribution is -2.24. The molecule has 1 aromatic carbocycles. The molecule has 0 bridgehead atoms. The SMILES string of the molecule is CC(C)c1ccc(C(=O)O)cc1S(=O)(=O)NCc1cccs1. The Kier molecular flexibility index (Phi) is 5.00. The number of nitrogens with one attached hydrogen (secondary N) is 1. The molecule has 0 spiro atoms. The first kappa shape index (κ1) is 16.7. The number of carbonyl (C=O) groups is 1. The van der Waals surface area contributed by atoms with Crippen LogP contribution < -0.4 is 4.72 Å². The fourth-order valence-electron chi connectivity index (χ4n) is 2.03. The summed E-state index contributed by atoms with van der Waals surface area (Å²) in [6.45, 7) is 3.93. The maximum absolute atomic E-state index is 12.5. The summed E-state index contributed by atoms with van der Waals surface area (Å²) in [6, 6.07) is 7.89. The van der Waals surface area contributed by atoms with Gasteiger partial charge in [-0.15, -0.1) is 11.3 Å². The topological polar surface area (TPSA) is 83.5 Å². The molecule has 2 rings (SSSR count). The van der Waals surface area contributed by atoms with Crippen molar-refractivity contribution >= 4 is 27.3 Å². The van der Waals surface area contributed by atoms with Crippen LogP contribution in [0.5, 0.6) is 0 Å². The highest BCUT2D eigenvalue weighted by Crippen LogP contribution is 2.25. The number of sulfonamides is 1. The highest BCUT2D eigenvalue weighted by atomic mass is 32.2. The maximum atomic E-state index is 12.5. The molecule has 118 valence electrons. The molecule has 22 heavy (non-hydrogen) atoms. The third kappa shape index (κ3) is 3.73. The summed E-state index contributed by atoms with van der Waals surface area (Å²) >= 11 is 1.46. The Morgan fingerprint density at radius 3 is 2.59 bits per heavy atom. The molecule has 0 amide bonds. The van der Waals surface area contributed by atoms with Crippen LogP contribution in [-0.4, -0.2) is 19.5 Å². The van der Waals surface area contributed by atoms with Crippen molar-refractivity contribution < 1.29 is 18.3 Å². The van der Waals surface area contributed by atoms with E-state index in [0.717, 1.165) is 4.88 Å². The fourth-order valence-corrected chi connectivity index (χ4v) is 4.17. The molecule has 2 aromatic rings. The number of rotatable bonds is 6.